The lowest BCUT2D eigenvalue weighted by molar-refractivity contribution is 0.0179. The van der Waals surface area contributed by atoms with Crippen molar-refractivity contribution in [1.82, 2.24) is 15.5 Å². The van der Waals surface area contributed by atoms with E-state index < -0.39 is 0 Å². The zero-order valence-electron chi connectivity index (χ0n) is 16.2. The number of morpholine rings is 1. The number of aliphatic imine (C=N–C) groups is 1. The second kappa shape index (κ2) is 10.5. The van der Waals surface area contributed by atoms with E-state index >= 15 is 0 Å². The van der Waals surface area contributed by atoms with Crippen LogP contribution in [0.5, 0.6) is 0 Å². The number of nitrogens with one attached hydrogen (secondary N) is 2. The Morgan fingerprint density at radius 1 is 1.27 bits per heavy atom. The van der Waals surface area contributed by atoms with Crippen LogP contribution in [0, 0.1) is 12.8 Å². The van der Waals surface area contributed by atoms with Gasteiger partial charge in [-0.05, 0) is 31.7 Å². The van der Waals surface area contributed by atoms with Crippen molar-refractivity contribution in [2.75, 3.05) is 39.4 Å². The normalized spacial score (nSPS) is 24.5. The standard InChI is InChI=1S/C20H32N4O.HI/c1-4-21-20(23-18-13-16(18)3)22-14-19(24-9-11-25-12-10-24)17-7-5-15(2)6-8-17;/h5-8,16,18-19H,4,9-14H2,1-3H3,(H2,21,22,23);1H. The summed E-state index contributed by atoms with van der Waals surface area (Å²) in [6.45, 7) is 11.7. The first-order valence-corrected chi connectivity index (χ1v) is 9.60. The molecule has 2 N–H and O–H groups in total. The van der Waals surface area contributed by atoms with Gasteiger partial charge in [0, 0.05) is 25.7 Å². The van der Waals surface area contributed by atoms with Crippen LogP contribution in [0.4, 0.5) is 0 Å². The number of hydrogen-bond acceptors (Lipinski definition) is 3. The van der Waals surface area contributed by atoms with Crippen molar-refractivity contribution in [3.8, 4) is 0 Å². The number of ether oxygens (including phenoxy) is 1. The lowest BCUT2D eigenvalue weighted by atomic mass is 10.0. The number of rotatable bonds is 6. The van der Waals surface area contributed by atoms with E-state index in [1.165, 1.54) is 17.5 Å². The quantitative estimate of drug-likeness (QED) is 0.380. The SMILES string of the molecule is CCNC(=NCC(c1ccc(C)cc1)N1CCOCC1)NC1CC1C.I. The number of hydrogen-bond donors (Lipinski definition) is 2. The maximum absolute atomic E-state index is 5.54. The van der Waals surface area contributed by atoms with Crippen LogP contribution in [-0.2, 0) is 4.74 Å². The van der Waals surface area contributed by atoms with E-state index in [2.05, 4.69) is 60.6 Å². The minimum Gasteiger partial charge on any atom is -0.379 e. The van der Waals surface area contributed by atoms with Crippen LogP contribution in [0.3, 0.4) is 0 Å². The summed E-state index contributed by atoms with van der Waals surface area (Å²) in [4.78, 5) is 7.42. The molecule has 3 atom stereocenters. The molecule has 2 fully saturated rings. The van der Waals surface area contributed by atoms with Gasteiger partial charge in [-0.15, -0.1) is 24.0 Å². The molecule has 0 spiro atoms. The molecule has 0 amide bonds. The van der Waals surface area contributed by atoms with Crippen molar-refractivity contribution < 1.29 is 4.74 Å². The van der Waals surface area contributed by atoms with Crippen LogP contribution in [0.2, 0.25) is 0 Å². The van der Waals surface area contributed by atoms with Crippen LogP contribution in [0.25, 0.3) is 0 Å². The average molecular weight is 472 g/mol. The van der Waals surface area contributed by atoms with Crippen molar-refractivity contribution >= 4 is 29.9 Å². The van der Waals surface area contributed by atoms with Crippen molar-refractivity contribution in [2.45, 2.75) is 39.3 Å². The van der Waals surface area contributed by atoms with Gasteiger partial charge in [-0.2, -0.15) is 0 Å². The summed E-state index contributed by atoms with van der Waals surface area (Å²) < 4.78 is 5.54. The molecule has 1 aliphatic carbocycles. The fourth-order valence-corrected chi connectivity index (χ4v) is 3.31. The molecule has 0 bridgehead atoms. The van der Waals surface area contributed by atoms with Gasteiger partial charge in [0.05, 0.1) is 25.8 Å². The first kappa shape index (κ1) is 21.4. The largest absolute Gasteiger partial charge is 0.379 e. The first-order valence-electron chi connectivity index (χ1n) is 9.60. The molecule has 146 valence electrons. The van der Waals surface area contributed by atoms with Crippen LogP contribution in [0.1, 0.15) is 37.4 Å². The summed E-state index contributed by atoms with van der Waals surface area (Å²) >= 11 is 0. The molecule has 1 aromatic carbocycles. The van der Waals surface area contributed by atoms with E-state index in [-0.39, 0.29) is 24.0 Å². The Hall–Kier alpha value is -0.860. The molecular weight excluding hydrogens is 439 g/mol. The lowest BCUT2D eigenvalue weighted by Gasteiger charge is -2.34. The van der Waals surface area contributed by atoms with E-state index in [0.29, 0.717) is 12.1 Å². The summed E-state index contributed by atoms with van der Waals surface area (Å²) in [6, 6.07) is 9.77. The average Bonchev–Trinajstić information content (AvgIpc) is 3.32. The highest BCUT2D eigenvalue weighted by molar-refractivity contribution is 14.0. The summed E-state index contributed by atoms with van der Waals surface area (Å²) in [5, 5.41) is 6.95. The lowest BCUT2D eigenvalue weighted by Crippen LogP contribution is -2.42. The van der Waals surface area contributed by atoms with Crippen molar-refractivity contribution in [2.24, 2.45) is 10.9 Å². The van der Waals surface area contributed by atoms with Crippen LogP contribution < -0.4 is 10.6 Å². The summed E-state index contributed by atoms with van der Waals surface area (Å²) in [6.07, 6.45) is 1.25. The van der Waals surface area contributed by atoms with Gasteiger partial charge in [0.2, 0.25) is 0 Å². The molecule has 1 heterocycles. The highest BCUT2D eigenvalue weighted by Crippen LogP contribution is 2.29. The minimum absolute atomic E-state index is 0. The smallest absolute Gasteiger partial charge is 0.191 e. The molecule has 0 radical (unpaired) electrons. The van der Waals surface area contributed by atoms with Gasteiger partial charge in [0.25, 0.3) is 0 Å². The Morgan fingerprint density at radius 3 is 2.50 bits per heavy atom. The molecule has 3 rings (SSSR count). The maximum atomic E-state index is 5.54. The van der Waals surface area contributed by atoms with E-state index in [0.717, 1.165) is 51.3 Å². The summed E-state index contributed by atoms with van der Waals surface area (Å²) in [7, 11) is 0. The van der Waals surface area contributed by atoms with Crippen molar-refractivity contribution in [1.29, 1.82) is 0 Å². The molecule has 2 aliphatic rings. The number of guanidine groups is 1. The van der Waals surface area contributed by atoms with Crippen molar-refractivity contribution in [3.63, 3.8) is 0 Å². The van der Waals surface area contributed by atoms with Crippen molar-refractivity contribution in [3.05, 3.63) is 35.4 Å². The van der Waals surface area contributed by atoms with Gasteiger partial charge in [-0.1, -0.05) is 36.8 Å². The maximum Gasteiger partial charge on any atom is 0.191 e. The van der Waals surface area contributed by atoms with Gasteiger partial charge < -0.3 is 15.4 Å². The Balaban J connectivity index is 0.00000243. The molecule has 1 aromatic rings. The molecule has 1 aliphatic heterocycles. The van der Waals surface area contributed by atoms with Gasteiger partial charge in [-0.25, -0.2) is 0 Å². The van der Waals surface area contributed by atoms with Crippen LogP contribution in [-0.4, -0.2) is 56.3 Å². The van der Waals surface area contributed by atoms with Gasteiger partial charge in [-0.3, -0.25) is 9.89 Å². The number of nitrogens with zero attached hydrogens (tertiary/aromatic N) is 2. The fourth-order valence-electron chi connectivity index (χ4n) is 3.31. The second-order valence-electron chi connectivity index (χ2n) is 7.26. The van der Waals surface area contributed by atoms with Gasteiger partial charge in [0.1, 0.15) is 0 Å². The summed E-state index contributed by atoms with van der Waals surface area (Å²) in [5.74, 6) is 1.71. The Labute approximate surface area is 175 Å². The highest BCUT2D eigenvalue weighted by atomic mass is 127. The van der Waals surface area contributed by atoms with E-state index in [1.807, 2.05) is 0 Å². The topological polar surface area (TPSA) is 48.9 Å². The Bertz CT molecular complexity index is 572. The summed E-state index contributed by atoms with van der Waals surface area (Å²) in [5.41, 5.74) is 2.64. The zero-order chi connectivity index (χ0) is 17.6. The Kier molecular flexibility index (Phi) is 8.63. The zero-order valence-corrected chi connectivity index (χ0v) is 18.5. The first-order chi connectivity index (χ1) is 12.2. The molecule has 0 aromatic heterocycles. The van der Waals surface area contributed by atoms with E-state index in [1.54, 1.807) is 0 Å². The number of benzene rings is 1. The molecule has 6 heteroatoms. The third-order valence-electron chi connectivity index (χ3n) is 5.15. The molecule has 3 unspecified atom stereocenters. The molecule has 5 nitrogen and oxygen atoms in total. The monoisotopic (exact) mass is 472 g/mol. The second-order valence-corrected chi connectivity index (χ2v) is 7.26. The molecular formula is C20H33IN4O. The van der Waals surface area contributed by atoms with Gasteiger partial charge in [0.15, 0.2) is 5.96 Å². The van der Waals surface area contributed by atoms with Crippen LogP contribution >= 0.6 is 24.0 Å². The predicted octanol–water partition coefficient (Wildman–Crippen LogP) is 2.95. The molecule has 26 heavy (non-hydrogen) atoms. The number of aryl methyl sites for hydroxylation is 1. The molecule has 1 saturated heterocycles. The highest BCUT2D eigenvalue weighted by Gasteiger charge is 2.33. The third-order valence-corrected chi connectivity index (χ3v) is 5.15. The molecule has 1 saturated carbocycles. The fraction of sp³-hybridized carbons (Fsp3) is 0.650. The number of halogens is 1. The van der Waals surface area contributed by atoms with E-state index in [4.69, 9.17) is 9.73 Å². The van der Waals surface area contributed by atoms with E-state index in [9.17, 15) is 0 Å². The third kappa shape index (κ3) is 6.09. The van der Waals surface area contributed by atoms with Crippen LogP contribution in [0.15, 0.2) is 29.3 Å². The van der Waals surface area contributed by atoms with Gasteiger partial charge >= 0.3 is 0 Å². The predicted molar refractivity (Wildman–Crippen MR) is 118 cm³/mol. The Morgan fingerprint density at radius 2 is 1.92 bits per heavy atom. The minimum atomic E-state index is 0.